The highest BCUT2D eigenvalue weighted by atomic mass is 16.4. The van der Waals surface area contributed by atoms with Crippen molar-refractivity contribution in [2.75, 3.05) is 0 Å². The van der Waals surface area contributed by atoms with Crippen LogP contribution in [0.25, 0.3) is 16.6 Å². The van der Waals surface area contributed by atoms with Gasteiger partial charge in [0.25, 0.3) is 0 Å². The lowest BCUT2D eigenvalue weighted by molar-refractivity contribution is 0.559. The van der Waals surface area contributed by atoms with E-state index in [2.05, 4.69) is 10.3 Å². The molecule has 0 saturated heterocycles. The molecule has 0 aliphatic rings. The third-order valence-electron chi connectivity index (χ3n) is 2.33. The highest BCUT2D eigenvalue weighted by Gasteiger charge is 2.10. The molecule has 1 aromatic carbocycles. The van der Waals surface area contributed by atoms with Gasteiger partial charge in [0, 0.05) is 0 Å². The van der Waals surface area contributed by atoms with Crippen molar-refractivity contribution >= 4 is 16.6 Å². The molecular formula is C10H7N3O2. The molecule has 0 saturated carbocycles. The number of benzene rings is 1. The Morgan fingerprint density at radius 3 is 3.00 bits per heavy atom. The minimum Gasteiger partial charge on any atom is -0.419 e. The molecule has 0 aliphatic heterocycles. The van der Waals surface area contributed by atoms with E-state index in [9.17, 15) is 4.79 Å². The second kappa shape index (κ2) is 2.66. The molecule has 0 spiro atoms. The van der Waals surface area contributed by atoms with Crippen molar-refractivity contribution in [3.63, 3.8) is 0 Å². The maximum atomic E-state index is 11.6. The summed E-state index contributed by atoms with van der Waals surface area (Å²) in [5.74, 6) is 0. The average Bonchev–Trinajstić information content (AvgIpc) is 2.62. The Morgan fingerprint density at radius 1 is 1.33 bits per heavy atom. The van der Waals surface area contributed by atoms with Gasteiger partial charge in [0.15, 0.2) is 11.1 Å². The van der Waals surface area contributed by atoms with E-state index in [0.29, 0.717) is 16.8 Å². The van der Waals surface area contributed by atoms with Gasteiger partial charge in [-0.2, -0.15) is 0 Å². The Labute approximate surface area is 83.9 Å². The largest absolute Gasteiger partial charge is 0.419 e. The zero-order valence-electron chi connectivity index (χ0n) is 7.97. The molecule has 74 valence electrons. The van der Waals surface area contributed by atoms with Gasteiger partial charge in [-0.15, -0.1) is 5.10 Å². The summed E-state index contributed by atoms with van der Waals surface area (Å²) in [7, 11) is 0. The molecule has 15 heavy (non-hydrogen) atoms. The van der Waals surface area contributed by atoms with Gasteiger partial charge in [-0.25, -0.2) is 9.31 Å². The van der Waals surface area contributed by atoms with Gasteiger partial charge in [0.05, 0.1) is 5.69 Å². The predicted octanol–water partition coefficient (Wildman–Crippen LogP) is 1.14. The molecule has 0 radical (unpaired) electrons. The van der Waals surface area contributed by atoms with Crippen LogP contribution in [0, 0.1) is 6.92 Å². The van der Waals surface area contributed by atoms with Crippen LogP contribution in [0.5, 0.6) is 0 Å². The first-order valence-corrected chi connectivity index (χ1v) is 4.51. The summed E-state index contributed by atoms with van der Waals surface area (Å²) in [5, 5.41) is 7.77. The Morgan fingerprint density at radius 2 is 2.13 bits per heavy atom. The van der Waals surface area contributed by atoms with Crippen LogP contribution < -0.4 is 5.63 Å². The van der Waals surface area contributed by atoms with Crippen molar-refractivity contribution in [1.29, 1.82) is 0 Å². The molecule has 3 aromatic rings. The van der Waals surface area contributed by atoms with E-state index in [0.717, 1.165) is 5.52 Å². The van der Waals surface area contributed by atoms with Crippen LogP contribution in [0.4, 0.5) is 0 Å². The Balaban J connectivity index is 2.71. The molecule has 2 heterocycles. The fourth-order valence-electron chi connectivity index (χ4n) is 1.63. The summed E-state index contributed by atoms with van der Waals surface area (Å²) in [6.45, 7) is 1.73. The number of para-hydroxylation sites is 2. The Hall–Kier alpha value is -2.17. The summed E-state index contributed by atoms with van der Waals surface area (Å²) in [6, 6.07) is 7.23. The van der Waals surface area contributed by atoms with Crippen molar-refractivity contribution in [3.05, 3.63) is 40.4 Å². The van der Waals surface area contributed by atoms with Crippen LogP contribution >= 0.6 is 0 Å². The predicted molar refractivity (Wildman–Crippen MR) is 53.8 cm³/mol. The number of hydrogen-bond acceptors (Lipinski definition) is 4. The number of hydrogen-bond donors (Lipinski definition) is 0. The Bertz CT molecular complexity index is 711. The van der Waals surface area contributed by atoms with Crippen molar-refractivity contribution in [2.24, 2.45) is 0 Å². The third kappa shape index (κ3) is 0.999. The van der Waals surface area contributed by atoms with Crippen LogP contribution in [-0.2, 0) is 0 Å². The van der Waals surface area contributed by atoms with E-state index in [4.69, 9.17) is 4.42 Å². The zero-order valence-corrected chi connectivity index (χ0v) is 7.97. The van der Waals surface area contributed by atoms with E-state index in [-0.39, 0.29) is 0 Å². The fourth-order valence-corrected chi connectivity index (χ4v) is 1.63. The molecule has 0 atom stereocenters. The molecule has 3 rings (SSSR count). The Kier molecular flexibility index (Phi) is 1.45. The van der Waals surface area contributed by atoms with Crippen LogP contribution in [0.1, 0.15) is 5.69 Å². The molecule has 0 N–H and O–H groups in total. The molecule has 0 fully saturated rings. The molecule has 0 aliphatic carbocycles. The summed E-state index contributed by atoms with van der Waals surface area (Å²) >= 11 is 0. The molecule has 0 amide bonds. The molecule has 5 heteroatoms. The number of aromatic nitrogens is 3. The molecule has 5 nitrogen and oxygen atoms in total. The normalized spacial score (nSPS) is 11.3. The molecule has 0 bridgehead atoms. The van der Waals surface area contributed by atoms with Gasteiger partial charge in [-0.05, 0) is 19.1 Å². The van der Waals surface area contributed by atoms with Crippen molar-refractivity contribution in [1.82, 2.24) is 14.8 Å². The van der Waals surface area contributed by atoms with E-state index in [1.165, 1.54) is 4.52 Å². The lowest BCUT2D eigenvalue weighted by atomic mass is 10.3. The van der Waals surface area contributed by atoms with Crippen molar-refractivity contribution in [2.45, 2.75) is 6.92 Å². The lowest BCUT2D eigenvalue weighted by Crippen LogP contribution is -2.05. The van der Waals surface area contributed by atoms with Crippen LogP contribution in [0.15, 0.2) is 33.5 Å². The first-order chi connectivity index (χ1) is 7.27. The van der Waals surface area contributed by atoms with Gasteiger partial charge < -0.3 is 4.42 Å². The third-order valence-corrected chi connectivity index (χ3v) is 2.33. The van der Waals surface area contributed by atoms with Crippen molar-refractivity contribution in [3.8, 4) is 0 Å². The maximum Gasteiger partial charge on any atom is 0.364 e. The molecule has 2 aromatic heterocycles. The van der Waals surface area contributed by atoms with Crippen LogP contribution in [0.2, 0.25) is 0 Å². The number of nitrogens with zero attached hydrogens (tertiary/aromatic N) is 3. The van der Waals surface area contributed by atoms with E-state index in [1.54, 1.807) is 19.1 Å². The quantitative estimate of drug-likeness (QED) is 0.547. The first kappa shape index (κ1) is 8.16. The summed E-state index contributed by atoms with van der Waals surface area (Å²) in [4.78, 5) is 11.6. The molecular weight excluding hydrogens is 194 g/mol. The minimum atomic E-state index is -0.406. The standard InChI is InChI=1S/C10H7N3O2/c1-6-9-10(14)15-8-5-3-2-4-7(8)13(9)12-11-6/h2-5H,1H3. The van der Waals surface area contributed by atoms with Gasteiger partial charge in [-0.1, -0.05) is 17.3 Å². The summed E-state index contributed by atoms with van der Waals surface area (Å²) in [6.07, 6.45) is 0. The summed E-state index contributed by atoms with van der Waals surface area (Å²) < 4.78 is 6.67. The number of fused-ring (bicyclic) bond motifs is 3. The topological polar surface area (TPSA) is 60.4 Å². The van der Waals surface area contributed by atoms with E-state index < -0.39 is 5.63 Å². The summed E-state index contributed by atoms with van der Waals surface area (Å²) in [5.41, 5.74) is 1.83. The zero-order chi connectivity index (χ0) is 10.4. The van der Waals surface area contributed by atoms with Crippen molar-refractivity contribution < 1.29 is 4.42 Å². The van der Waals surface area contributed by atoms with Gasteiger partial charge in [0.1, 0.15) is 5.52 Å². The van der Waals surface area contributed by atoms with Crippen LogP contribution in [0.3, 0.4) is 0 Å². The second-order valence-electron chi connectivity index (χ2n) is 3.29. The molecule has 0 unspecified atom stereocenters. The highest BCUT2D eigenvalue weighted by Crippen LogP contribution is 2.13. The first-order valence-electron chi connectivity index (χ1n) is 4.51. The highest BCUT2D eigenvalue weighted by molar-refractivity contribution is 5.75. The lowest BCUT2D eigenvalue weighted by Gasteiger charge is -1.97. The van der Waals surface area contributed by atoms with Crippen LogP contribution in [-0.4, -0.2) is 14.8 Å². The van der Waals surface area contributed by atoms with Gasteiger partial charge in [0.2, 0.25) is 0 Å². The smallest absolute Gasteiger partial charge is 0.364 e. The second-order valence-corrected chi connectivity index (χ2v) is 3.29. The van der Waals surface area contributed by atoms with Gasteiger partial charge >= 0.3 is 5.63 Å². The number of aryl methyl sites for hydroxylation is 1. The monoisotopic (exact) mass is 201 g/mol. The average molecular weight is 201 g/mol. The minimum absolute atomic E-state index is 0.397. The fraction of sp³-hybridized carbons (Fsp3) is 0.100. The number of rotatable bonds is 0. The van der Waals surface area contributed by atoms with E-state index >= 15 is 0 Å². The maximum absolute atomic E-state index is 11.6. The van der Waals surface area contributed by atoms with Gasteiger partial charge in [-0.3, -0.25) is 0 Å². The van der Waals surface area contributed by atoms with E-state index in [1.807, 2.05) is 12.1 Å². The SMILES string of the molecule is Cc1nnn2c1c(=O)oc1ccccc12.